The molecule has 0 aliphatic carbocycles. The summed E-state index contributed by atoms with van der Waals surface area (Å²) in [7, 11) is 1.60. The molecule has 6 heteroatoms. The van der Waals surface area contributed by atoms with Gasteiger partial charge < -0.3 is 10.1 Å². The van der Waals surface area contributed by atoms with Gasteiger partial charge >= 0.3 is 0 Å². The van der Waals surface area contributed by atoms with Crippen molar-refractivity contribution in [3.05, 3.63) is 53.5 Å². The molecule has 0 aliphatic heterocycles. The zero-order chi connectivity index (χ0) is 14.4. The molecule has 0 saturated carbocycles. The highest BCUT2D eigenvalue weighted by molar-refractivity contribution is 6.29. The normalized spacial score (nSPS) is 10.5. The van der Waals surface area contributed by atoms with Gasteiger partial charge in [0, 0.05) is 6.08 Å². The summed E-state index contributed by atoms with van der Waals surface area (Å²) in [6.45, 7) is 0. The van der Waals surface area contributed by atoms with Gasteiger partial charge in [-0.1, -0.05) is 23.7 Å². The Bertz CT molecular complexity index is 627. The molecule has 1 amide bonds. The van der Waals surface area contributed by atoms with Gasteiger partial charge in [0.05, 0.1) is 19.5 Å². The highest BCUT2D eigenvalue weighted by atomic mass is 35.5. The summed E-state index contributed by atoms with van der Waals surface area (Å²) in [6.07, 6.45) is 5.91. The lowest BCUT2D eigenvalue weighted by Gasteiger charge is -2.01. The van der Waals surface area contributed by atoms with E-state index in [2.05, 4.69) is 15.3 Å². The third-order valence-corrected chi connectivity index (χ3v) is 2.58. The summed E-state index contributed by atoms with van der Waals surface area (Å²) in [5, 5.41) is 2.79. The van der Waals surface area contributed by atoms with E-state index in [0.717, 1.165) is 11.3 Å². The van der Waals surface area contributed by atoms with Crippen molar-refractivity contribution in [3.63, 3.8) is 0 Å². The predicted octanol–water partition coefficient (Wildman–Crippen LogP) is 2.79. The third-order valence-electron chi connectivity index (χ3n) is 2.40. The molecule has 0 fully saturated rings. The number of carbonyl (C=O) groups excluding carboxylic acids is 1. The van der Waals surface area contributed by atoms with Gasteiger partial charge in [0.15, 0.2) is 5.82 Å². The average molecular weight is 290 g/mol. The van der Waals surface area contributed by atoms with Crippen LogP contribution in [0.3, 0.4) is 0 Å². The van der Waals surface area contributed by atoms with Crippen molar-refractivity contribution in [2.75, 3.05) is 12.4 Å². The van der Waals surface area contributed by atoms with Gasteiger partial charge in [-0.15, -0.1) is 0 Å². The maximum absolute atomic E-state index is 11.7. The number of methoxy groups -OCH3 is 1. The van der Waals surface area contributed by atoms with E-state index in [0.29, 0.717) is 5.82 Å². The SMILES string of the molecule is COc1ccc(/C=C/C(=O)Nc2cncc(Cl)n2)cc1. The number of halogens is 1. The van der Waals surface area contributed by atoms with Crippen molar-refractivity contribution in [1.29, 1.82) is 0 Å². The first-order valence-corrected chi connectivity index (χ1v) is 6.16. The Morgan fingerprint density at radius 2 is 2.05 bits per heavy atom. The highest BCUT2D eigenvalue weighted by Gasteiger charge is 2.00. The Labute approximate surface area is 121 Å². The van der Waals surface area contributed by atoms with Crippen LogP contribution in [0.4, 0.5) is 5.82 Å². The molecular weight excluding hydrogens is 278 g/mol. The van der Waals surface area contributed by atoms with Crippen LogP contribution in [-0.2, 0) is 4.79 Å². The molecule has 0 unspecified atom stereocenters. The summed E-state index contributed by atoms with van der Waals surface area (Å²) in [6, 6.07) is 7.34. The van der Waals surface area contributed by atoms with Crippen LogP contribution < -0.4 is 10.1 Å². The first-order valence-electron chi connectivity index (χ1n) is 5.78. The number of hydrogen-bond acceptors (Lipinski definition) is 4. The molecule has 1 N–H and O–H groups in total. The number of anilines is 1. The second kappa shape index (κ2) is 6.68. The van der Waals surface area contributed by atoms with E-state index < -0.39 is 0 Å². The molecule has 1 heterocycles. The van der Waals surface area contributed by atoms with E-state index in [-0.39, 0.29) is 11.1 Å². The molecule has 0 radical (unpaired) electrons. The quantitative estimate of drug-likeness (QED) is 0.879. The minimum atomic E-state index is -0.308. The Hall–Kier alpha value is -2.40. The van der Waals surface area contributed by atoms with Crippen LogP contribution in [0.25, 0.3) is 6.08 Å². The van der Waals surface area contributed by atoms with E-state index >= 15 is 0 Å². The zero-order valence-electron chi connectivity index (χ0n) is 10.7. The summed E-state index contributed by atoms with van der Waals surface area (Å²) in [4.78, 5) is 19.4. The van der Waals surface area contributed by atoms with E-state index in [9.17, 15) is 4.79 Å². The molecule has 2 aromatic rings. The smallest absolute Gasteiger partial charge is 0.249 e. The maximum atomic E-state index is 11.7. The molecular formula is C14H12ClN3O2. The molecule has 0 atom stereocenters. The third kappa shape index (κ3) is 4.07. The summed E-state index contributed by atoms with van der Waals surface area (Å²) in [5.41, 5.74) is 0.887. The van der Waals surface area contributed by atoms with Crippen LogP contribution in [0.15, 0.2) is 42.7 Å². The Kier molecular flexibility index (Phi) is 4.68. The first kappa shape index (κ1) is 14.0. The summed E-state index contributed by atoms with van der Waals surface area (Å²) in [5.74, 6) is 0.764. The molecule has 102 valence electrons. The highest BCUT2D eigenvalue weighted by Crippen LogP contribution is 2.12. The number of rotatable bonds is 4. The average Bonchev–Trinajstić information content (AvgIpc) is 2.46. The lowest BCUT2D eigenvalue weighted by molar-refractivity contribution is -0.111. The molecule has 20 heavy (non-hydrogen) atoms. The second-order valence-electron chi connectivity index (χ2n) is 3.82. The minimum Gasteiger partial charge on any atom is -0.497 e. The van der Waals surface area contributed by atoms with E-state index in [4.69, 9.17) is 16.3 Å². The molecule has 5 nitrogen and oxygen atoms in total. The molecule has 0 saturated heterocycles. The molecule has 0 spiro atoms. The lowest BCUT2D eigenvalue weighted by atomic mass is 10.2. The fourth-order valence-electron chi connectivity index (χ4n) is 1.46. The van der Waals surface area contributed by atoms with Gasteiger partial charge in [0.1, 0.15) is 10.9 Å². The standard InChI is InChI=1S/C14H12ClN3O2/c1-20-11-5-2-10(3-6-11)4-7-14(19)18-13-9-16-8-12(15)17-13/h2-9H,1H3,(H,17,18,19)/b7-4+. The van der Waals surface area contributed by atoms with Crippen LogP contribution >= 0.6 is 11.6 Å². The lowest BCUT2D eigenvalue weighted by Crippen LogP contribution is -2.09. The first-order chi connectivity index (χ1) is 9.67. The van der Waals surface area contributed by atoms with Crippen molar-refractivity contribution in [1.82, 2.24) is 9.97 Å². The Morgan fingerprint density at radius 3 is 2.70 bits per heavy atom. The van der Waals surface area contributed by atoms with Crippen LogP contribution in [-0.4, -0.2) is 23.0 Å². The fraction of sp³-hybridized carbons (Fsp3) is 0.0714. The molecule has 1 aromatic carbocycles. The number of aromatic nitrogens is 2. The van der Waals surface area contributed by atoms with Gasteiger partial charge in [0.25, 0.3) is 0 Å². The maximum Gasteiger partial charge on any atom is 0.249 e. The molecule has 0 aliphatic rings. The van der Waals surface area contributed by atoms with Crippen molar-refractivity contribution in [2.24, 2.45) is 0 Å². The number of nitrogens with zero attached hydrogens (tertiary/aromatic N) is 2. The molecule has 1 aromatic heterocycles. The number of ether oxygens (including phenoxy) is 1. The monoisotopic (exact) mass is 289 g/mol. The van der Waals surface area contributed by atoms with Crippen molar-refractivity contribution < 1.29 is 9.53 Å². The number of benzene rings is 1. The fourth-order valence-corrected chi connectivity index (χ4v) is 1.60. The van der Waals surface area contributed by atoms with Gasteiger partial charge in [-0.05, 0) is 23.8 Å². The number of hydrogen-bond donors (Lipinski definition) is 1. The van der Waals surface area contributed by atoms with Crippen LogP contribution in [0.5, 0.6) is 5.75 Å². The van der Waals surface area contributed by atoms with Gasteiger partial charge in [-0.25, -0.2) is 4.98 Å². The van der Waals surface area contributed by atoms with Gasteiger partial charge in [0.2, 0.25) is 5.91 Å². The Balaban J connectivity index is 1.98. The second-order valence-corrected chi connectivity index (χ2v) is 4.21. The van der Waals surface area contributed by atoms with Crippen LogP contribution in [0.2, 0.25) is 5.15 Å². The van der Waals surface area contributed by atoms with Gasteiger partial charge in [-0.2, -0.15) is 0 Å². The molecule has 0 bridgehead atoms. The van der Waals surface area contributed by atoms with E-state index in [1.165, 1.54) is 18.5 Å². The largest absolute Gasteiger partial charge is 0.497 e. The molecule has 2 rings (SSSR count). The zero-order valence-corrected chi connectivity index (χ0v) is 11.5. The van der Waals surface area contributed by atoms with Crippen LogP contribution in [0, 0.1) is 0 Å². The van der Waals surface area contributed by atoms with E-state index in [1.54, 1.807) is 13.2 Å². The number of amides is 1. The van der Waals surface area contributed by atoms with Crippen molar-refractivity contribution in [2.45, 2.75) is 0 Å². The summed E-state index contributed by atoms with van der Waals surface area (Å²) < 4.78 is 5.05. The minimum absolute atomic E-state index is 0.224. The predicted molar refractivity (Wildman–Crippen MR) is 77.7 cm³/mol. The number of nitrogens with one attached hydrogen (secondary N) is 1. The van der Waals surface area contributed by atoms with Gasteiger partial charge in [-0.3, -0.25) is 9.78 Å². The topological polar surface area (TPSA) is 64.1 Å². The van der Waals surface area contributed by atoms with Crippen molar-refractivity contribution >= 4 is 29.4 Å². The van der Waals surface area contributed by atoms with E-state index in [1.807, 2.05) is 24.3 Å². The van der Waals surface area contributed by atoms with Crippen LogP contribution in [0.1, 0.15) is 5.56 Å². The number of carbonyl (C=O) groups is 1. The van der Waals surface area contributed by atoms with Crippen molar-refractivity contribution in [3.8, 4) is 5.75 Å². The summed E-state index contributed by atoms with van der Waals surface area (Å²) >= 11 is 5.68. The Morgan fingerprint density at radius 1 is 1.30 bits per heavy atom.